The van der Waals surface area contributed by atoms with Crippen LogP contribution in [0, 0.1) is 0 Å². The number of para-hydroxylation sites is 1. The molecular weight excluding hydrogens is 493 g/mol. The van der Waals surface area contributed by atoms with Crippen LogP contribution in [-0.4, -0.2) is 58.0 Å². The molecular formula is C20H25F2N4O8P. The normalized spacial score (nSPS) is 24.8. The number of nitrogens with two attached hydrogens (primary N) is 1. The molecule has 1 fully saturated rings. The van der Waals surface area contributed by atoms with Crippen molar-refractivity contribution in [3.63, 3.8) is 0 Å². The predicted molar refractivity (Wildman–Crippen MR) is 118 cm³/mol. The summed E-state index contributed by atoms with van der Waals surface area (Å²) in [5.74, 6) is -4.85. The highest BCUT2D eigenvalue weighted by atomic mass is 31.2. The molecule has 0 radical (unpaired) electrons. The molecule has 0 spiro atoms. The Kier molecular flexibility index (Phi) is 7.92. The molecule has 3 rings (SSSR count). The number of halogens is 2. The zero-order valence-corrected chi connectivity index (χ0v) is 19.8. The number of nitrogen functional groups attached to an aromatic ring is 1. The Balaban J connectivity index is 1.86. The largest absolute Gasteiger partial charge is 0.468 e. The second-order valence-corrected chi connectivity index (χ2v) is 9.35. The van der Waals surface area contributed by atoms with Gasteiger partial charge in [-0.05, 0) is 32.0 Å². The number of anilines is 1. The highest BCUT2D eigenvalue weighted by Crippen LogP contribution is 2.50. The molecule has 0 saturated carbocycles. The number of aliphatic hydroxyl groups excluding tert-OH is 1. The summed E-state index contributed by atoms with van der Waals surface area (Å²) < 4.78 is 64.6. The minimum absolute atomic E-state index is 0.0863. The number of hydrogen-bond donors (Lipinski definition) is 3. The Morgan fingerprint density at radius 2 is 1.97 bits per heavy atom. The molecule has 1 aliphatic heterocycles. The third-order valence-corrected chi connectivity index (χ3v) is 6.83. The number of alkyl halides is 2. The number of benzene rings is 1. The minimum Gasteiger partial charge on any atom is -0.468 e. The van der Waals surface area contributed by atoms with E-state index in [0.717, 1.165) is 19.4 Å². The maximum absolute atomic E-state index is 14.9. The number of esters is 1. The molecule has 2 aromatic rings. The second kappa shape index (κ2) is 10.4. The average molecular weight is 518 g/mol. The maximum atomic E-state index is 14.9. The monoisotopic (exact) mass is 518 g/mol. The standard InChI is InChI=1S/C20H25F2N4O8P/c1-11(17(28)31-3)25-35(30,34-13-7-5-4-6-8-13)33-12(2)15-16(27)20(21,22)18(32-15)26-10-9-14(23)24-19(26)29/h4-12,15-16,18,27H,1-3H3,(H,25,30)(H2,23,24,29)/t11?,12?,15-,16?,18-,35?/m1/s1. The summed E-state index contributed by atoms with van der Waals surface area (Å²) in [6.45, 7) is 2.54. The molecule has 0 amide bonds. The molecule has 1 aromatic heterocycles. The van der Waals surface area contributed by atoms with Gasteiger partial charge in [0.15, 0.2) is 6.10 Å². The van der Waals surface area contributed by atoms with E-state index in [2.05, 4.69) is 14.8 Å². The lowest BCUT2D eigenvalue weighted by molar-refractivity contribution is -0.142. The third kappa shape index (κ3) is 5.85. The van der Waals surface area contributed by atoms with Crippen LogP contribution in [0.3, 0.4) is 0 Å². The van der Waals surface area contributed by atoms with Crippen LogP contribution < -0.4 is 21.0 Å². The van der Waals surface area contributed by atoms with Crippen LogP contribution in [0.1, 0.15) is 20.1 Å². The zero-order chi connectivity index (χ0) is 26.0. The van der Waals surface area contributed by atoms with Crippen LogP contribution in [0.15, 0.2) is 47.4 Å². The molecule has 0 bridgehead atoms. The number of carbonyl (C=O) groups is 1. The van der Waals surface area contributed by atoms with Gasteiger partial charge >= 0.3 is 25.3 Å². The fraction of sp³-hybridized carbons (Fsp3) is 0.450. The number of hydrogen-bond acceptors (Lipinski definition) is 10. The van der Waals surface area contributed by atoms with Crippen molar-refractivity contribution in [1.82, 2.24) is 14.6 Å². The molecule has 192 valence electrons. The molecule has 4 unspecified atom stereocenters. The van der Waals surface area contributed by atoms with Crippen molar-refractivity contribution < 1.29 is 41.8 Å². The second-order valence-electron chi connectivity index (χ2n) is 7.70. The van der Waals surface area contributed by atoms with Gasteiger partial charge in [0.05, 0.1) is 13.2 Å². The number of aliphatic hydroxyl groups is 1. The van der Waals surface area contributed by atoms with E-state index in [1.807, 2.05) is 0 Å². The van der Waals surface area contributed by atoms with Gasteiger partial charge in [0, 0.05) is 6.20 Å². The lowest BCUT2D eigenvalue weighted by Gasteiger charge is -2.28. The molecule has 35 heavy (non-hydrogen) atoms. The fourth-order valence-corrected chi connectivity index (χ4v) is 5.04. The van der Waals surface area contributed by atoms with E-state index in [-0.39, 0.29) is 11.6 Å². The molecule has 4 N–H and O–H groups in total. The summed E-state index contributed by atoms with van der Waals surface area (Å²) in [7, 11) is -3.32. The van der Waals surface area contributed by atoms with Gasteiger partial charge in [0.1, 0.15) is 23.7 Å². The van der Waals surface area contributed by atoms with E-state index in [1.54, 1.807) is 18.2 Å². The van der Waals surface area contributed by atoms with Gasteiger partial charge in [-0.2, -0.15) is 18.9 Å². The first-order valence-electron chi connectivity index (χ1n) is 10.3. The fourth-order valence-electron chi connectivity index (χ4n) is 3.35. The highest BCUT2D eigenvalue weighted by Gasteiger charge is 2.61. The topological polar surface area (TPSA) is 164 Å². The summed E-state index contributed by atoms with van der Waals surface area (Å²) in [5.41, 5.74) is 4.27. The first-order chi connectivity index (χ1) is 16.4. The smallest absolute Gasteiger partial charge is 0.459 e. The Morgan fingerprint density at radius 1 is 1.31 bits per heavy atom. The number of rotatable bonds is 9. The molecule has 2 heterocycles. The molecule has 12 nitrogen and oxygen atoms in total. The Labute approximate surface area is 198 Å². The van der Waals surface area contributed by atoms with Gasteiger partial charge in [0.25, 0.3) is 0 Å². The van der Waals surface area contributed by atoms with Gasteiger partial charge in [0.2, 0.25) is 6.23 Å². The van der Waals surface area contributed by atoms with Gasteiger partial charge in [-0.1, -0.05) is 18.2 Å². The van der Waals surface area contributed by atoms with E-state index in [4.69, 9.17) is 19.5 Å². The summed E-state index contributed by atoms with van der Waals surface area (Å²) >= 11 is 0. The highest BCUT2D eigenvalue weighted by molar-refractivity contribution is 7.52. The van der Waals surface area contributed by atoms with Crippen molar-refractivity contribution in [2.45, 2.75) is 50.4 Å². The number of nitrogens with one attached hydrogen (secondary N) is 1. The van der Waals surface area contributed by atoms with Gasteiger partial charge in [-0.3, -0.25) is 13.9 Å². The van der Waals surface area contributed by atoms with Gasteiger partial charge in [-0.15, -0.1) is 0 Å². The Morgan fingerprint density at radius 3 is 2.57 bits per heavy atom. The van der Waals surface area contributed by atoms with Crippen molar-refractivity contribution in [1.29, 1.82) is 0 Å². The number of aromatic nitrogens is 2. The van der Waals surface area contributed by atoms with E-state index < -0.39 is 55.9 Å². The van der Waals surface area contributed by atoms with Crippen molar-refractivity contribution in [3.05, 3.63) is 53.1 Å². The number of carbonyl (C=O) groups excluding carboxylic acids is 1. The Bertz CT molecular complexity index is 1150. The average Bonchev–Trinajstić information content (AvgIpc) is 3.02. The minimum atomic E-state index is -4.43. The first-order valence-corrected chi connectivity index (χ1v) is 11.9. The molecule has 0 aliphatic carbocycles. The van der Waals surface area contributed by atoms with Crippen LogP contribution in [0.4, 0.5) is 14.6 Å². The quantitative estimate of drug-likeness (QED) is 0.325. The molecule has 6 atom stereocenters. The zero-order valence-electron chi connectivity index (χ0n) is 18.9. The van der Waals surface area contributed by atoms with Crippen LogP contribution in [-0.2, 0) is 23.4 Å². The predicted octanol–water partition coefficient (Wildman–Crippen LogP) is 1.46. The molecule has 15 heteroatoms. The van der Waals surface area contributed by atoms with Crippen molar-refractivity contribution in [3.8, 4) is 5.75 Å². The SMILES string of the molecule is COC(=O)C(C)NP(=O)(Oc1ccccc1)OC(C)[C@H]1O[C@@H](n2ccc(N)nc2=O)C(F)(F)C1O. The van der Waals surface area contributed by atoms with E-state index in [1.165, 1.54) is 26.0 Å². The summed E-state index contributed by atoms with van der Waals surface area (Å²) in [6.07, 6.45) is -7.00. The summed E-state index contributed by atoms with van der Waals surface area (Å²) in [5, 5.41) is 12.7. The molecule has 1 aromatic carbocycles. The Hall–Kier alpha value is -2.90. The summed E-state index contributed by atoms with van der Waals surface area (Å²) in [4.78, 5) is 27.3. The van der Waals surface area contributed by atoms with Crippen LogP contribution >= 0.6 is 7.75 Å². The lowest BCUT2D eigenvalue weighted by Crippen LogP contribution is -2.44. The maximum Gasteiger partial charge on any atom is 0.459 e. The summed E-state index contributed by atoms with van der Waals surface area (Å²) in [6, 6.07) is 7.68. The third-order valence-electron chi connectivity index (χ3n) is 5.07. The van der Waals surface area contributed by atoms with Crippen LogP contribution in [0.2, 0.25) is 0 Å². The molecule has 1 aliphatic rings. The van der Waals surface area contributed by atoms with Crippen LogP contribution in [0.5, 0.6) is 5.75 Å². The van der Waals surface area contributed by atoms with E-state index in [0.29, 0.717) is 4.57 Å². The van der Waals surface area contributed by atoms with E-state index in [9.17, 15) is 28.0 Å². The number of ether oxygens (including phenoxy) is 2. The lowest BCUT2D eigenvalue weighted by atomic mass is 10.1. The van der Waals surface area contributed by atoms with Crippen LogP contribution in [0.25, 0.3) is 0 Å². The van der Waals surface area contributed by atoms with Gasteiger partial charge in [-0.25, -0.2) is 9.36 Å². The van der Waals surface area contributed by atoms with Crippen molar-refractivity contribution >= 4 is 19.5 Å². The van der Waals surface area contributed by atoms with E-state index >= 15 is 0 Å². The van der Waals surface area contributed by atoms with Crippen molar-refractivity contribution in [2.24, 2.45) is 0 Å². The van der Waals surface area contributed by atoms with Gasteiger partial charge < -0.3 is 24.8 Å². The molecule has 1 saturated heterocycles. The van der Waals surface area contributed by atoms with Crippen molar-refractivity contribution in [2.75, 3.05) is 12.8 Å². The number of methoxy groups -OCH3 is 1. The first kappa shape index (κ1) is 26.7. The number of nitrogens with zero attached hydrogens (tertiary/aromatic N) is 2.